The first-order valence-electron chi connectivity index (χ1n) is 6.57. The van der Waals surface area contributed by atoms with Crippen molar-refractivity contribution in [3.63, 3.8) is 0 Å². The second-order valence-electron chi connectivity index (χ2n) is 4.68. The normalized spacial score (nSPS) is 12.2. The number of hydrogen-bond acceptors (Lipinski definition) is 5. The van der Waals surface area contributed by atoms with Crippen molar-refractivity contribution in [1.29, 1.82) is 0 Å². The lowest BCUT2D eigenvalue weighted by molar-refractivity contribution is 0.560. The van der Waals surface area contributed by atoms with Crippen LogP contribution in [0.1, 0.15) is 37.1 Å². The van der Waals surface area contributed by atoms with Gasteiger partial charge in [-0.15, -0.1) is 11.3 Å². The molecule has 0 aliphatic heterocycles. The molecule has 0 aliphatic rings. The van der Waals surface area contributed by atoms with Crippen LogP contribution in [0.2, 0.25) is 0 Å². The van der Waals surface area contributed by atoms with E-state index in [0.717, 1.165) is 18.0 Å². The average Bonchev–Trinajstić information content (AvgIpc) is 2.80. The lowest BCUT2D eigenvalue weighted by atomic mass is 10.4. The molecule has 0 aliphatic carbocycles. The second-order valence-corrected chi connectivity index (χ2v) is 7.80. The third kappa shape index (κ3) is 7.00. The minimum Gasteiger partial charge on any atom is -0.314 e. The van der Waals surface area contributed by atoms with Gasteiger partial charge in [0, 0.05) is 17.1 Å². The van der Waals surface area contributed by atoms with Crippen LogP contribution < -0.4 is 10.0 Å². The molecule has 1 aromatic heterocycles. The maximum absolute atomic E-state index is 11.8. The maximum Gasteiger partial charge on any atom is 0.212 e. The number of nitrogens with one attached hydrogen (secondary N) is 2. The monoisotopic (exact) mass is 305 g/mol. The predicted octanol–water partition coefficient (Wildman–Crippen LogP) is 1.51. The van der Waals surface area contributed by atoms with Crippen molar-refractivity contribution >= 4 is 21.4 Å². The fraction of sp³-hybridized carbons (Fsp3) is 0.750. The number of rotatable bonds is 9. The summed E-state index contributed by atoms with van der Waals surface area (Å²) in [6, 6.07) is 0.387. The number of thiazole rings is 1. The van der Waals surface area contributed by atoms with Crippen LogP contribution in [0.3, 0.4) is 0 Å². The van der Waals surface area contributed by atoms with E-state index in [2.05, 4.69) is 21.9 Å². The van der Waals surface area contributed by atoms with E-state index in [1.165, 1.54) is 4.88 Å². The van der Waals surface area contributed by atoms with Crippen molar-refractivity contribution in [2.75, 3.05) is 12.3 Å². The van der Waals surface area contributed by atoms with Crippen LogP contribution in [0, 0.1) is 0 Å². The third-order valence-corrected chi connectivity index (χ3v) is 5.09. The molecule has 0 bridgehead atoms. The van der Waals surface area contributed by atoms with Gasteiger partial charge in [0.2, 0.25) is 10.0 Å². The standard InChI is InChI=1S/C12H23N3O2S2/c1-4-11-8-14-12(18-11)9-15-19(16,17)7-5-6-13-10(2)3/h8,10,13,15H,4-7,9H2,1-3H3. The molecule has 0 saturated carbocycles. The van der Waals surface area contributed by atoms with Crippen LogP contribution in [-0.4, -0.2) is 31.7 Å². The van der Waals surface area contributed by atoms with Crippen LogP contribution in [-0.2, 0) is 23.0 Å². The predicted molar refractivity (Wildman–Crippen MR) is 79.9 cm³/mol. The molecule has 0 spiro atoms. The first kappa shape index (κ1) is 16.6. The second kappa shape index (κ2) is 7.94. The zero-order chi connectivity index (χ0) is 14.3. The Bertz CT molecular complexity index is 469. The van der Waals surface area contributed by atoms with Gasteiger partial charge < -0.3 is 5.32 Å². The maximum atomic E-state index is 11.8. The Hall–Kier alpha value is -0.500. The minimum atomic E-state index is -3.20. The molecule has 0 fully saturated rings. The number of aromatic nitrogens is 1. The van der Waals surface area contributed by atoms with Crippen molar-refractivity contribution in [1.82, 2.24) is 15.0 Å². The Labute approximate surface area is 119 Å². The molecular formula is C12H23N3O2S2. The summed E-state index contributed by atoms with van der Waals surface area (Å²) in [7, 11) is -3.20. The van der Waals surface area contributed by atoms with E-state index >= 15 is 0 Å². The van der Waals surface area contributed by atoms with Gasteiger partial charge in [0.1, 0.15) is 5.01 Å². The van der Waals surface area contributed by atoms with Crippen molar-refractivity contribution in [2.45, 2.75) is 46.2 Å². The van der Waals surface area contributed by atoms with E-state index in [-0.39, 0.29) is 5.75 Å². The smallest absolute Gasteiger partial charge is 0.212 e. The lowest BCUT2D eigenvalue weighted by Gasteiger charge is -2.08. The van der Waals surface area contributed by atoms with Gasteiger partial charge in [0.05, 0.1) is 12.3 Å². The molecule has 0 aromatic carbocycles. The zero-order valence-electron chi connectivity index (χ0n) is 11.8. The quantitative estimate of drug-likeness (QED) is 0.679. The molecule has 5 nitrogen and oxygen atoms in total. The Balaban J connectivity index is 2.30. The van der Waals surface area contributed by atoms with E-state index in [4.69, 9.17) is 0 Å². The fourth-order valence-electron chi connectivity index (χ4n) is 1.49. The van der Waals surface area contributed by atoms with Gasteiger partial charge >= 0.3 is 0 Å². The van der Waals surface area contributed by atoms with E-state index in [1.807, 2.05) is 13.8 Å². The lowest BCUT2D eigenvalue weighted by Crippen LogP contribution is -2.29. The highest BCUT2D eigenvalue weighted by molar-refractivity contribution is 7.89. The molecule has 0 atom stereocenters. The first-order chi connectivity index (χ1) is 8.93. The molecule has 19 heavy (non-hydrogen) atoms. The van der Waals surface area contributed by atoms with Gasteiger partial charge in [-0.25, -0.2) is 18.1 Å². The Morgan fingerprint density at radius 3 is 2.74 bits per heavy atom. The summed E-state index contributed by atoms with van der Waals surface area (Å²) in [6.07, 6.45) is 3.36. The number of sulfonamides is 1. The van der Waals surface area contributed by atoms with Crippen LogP contribution in [0.25, 0.3) is 0 Å². The number of nitrogens with zero attached hydrogens (tertiary/aromatic N) is 1. The van der Waals surface area contributed by atoms with Crippen LogP contribution in [0.15, 0.2) is 6.20 Å². The molecule has 0 amide bonds. The highest BCUT2D eigenvalue weighted by Crippen LogP contribution is 2.13. The molecule has 7 heteroatoms. The zero-order valence-corrected chi connectivity index (χ0v) is 13.4. The van der Waals surface area contributed by atoms with E-state index < -0.39 is 10.0 Å². The highest BCUT2D eigenvalue weighted by atomic mass is 32.2. The van der Waals surface area contributed by atoms with Crippen molar-refractivity contribution in [2.24, 2.45) is 0 Å². The molecule has 0 unspecified atom stereocenters. The summed E-state index contributed by atoms with van der Waals surface area (Å²) in [6.45, 7) is 7.16. The van der Waals surface area contributed by atoms with Gasteiger partial charge in [-0.2, -0.15) is 0 Å². The SMILES string of the molecule is CCc1cnc(CNS(=O)(=O)CCCNC(C)C)s1. The average molecular weight is 305 g/mol. The molecule has 1 heterocycles. The third-order valence-electron chi connectivity index (χ3n) is 2.54. The Morgan fingerprint density at radius 2 is 2.16 bits per heavy atom. The Morgan fingerprint density at radius 1 is 1.42 bits per heavy atom. The Kier molecular flexibility index (Phi) is 6.92. The minimum absolute atomic E-state index is 0.152. The number of aryl methyl sites for hydroxylation is 1. The van der Waals surface area contributed by atoms with E-state index in [1.54, 1.807) is 17.5 Å². The topological polar surface area (TPSA) is 71.1 Å². The van der Waals surface area contributed by atoms with Gasteiger partial charge in [0.15, 0.2) is 0 Å². The molecule has 1 aromatic rings. The highest BCUT2D eigenvalue weighted by Gasteiger charge is 2.11. The summed E-state index contributed by atoms with van der Waals surface area (Å²) in [5.74, 6) is 0.152. The van der Waals surface area contributed by atoms with Gasteiger partial charge in [-0.1, -0.05) is 20.8 Å². The summed E-state index contributed by atoms with van der Waals surface area (Å²) in [5, 5.41) is 4.02. The largest absolute Gasteiger partial charge is 0.314 e. The van der Waals surface area contributed by atoms with Gasteiger partial charge in [0.25, 0.3) is 0 Å². The van der Waals surface area contributed by atoms with Gasteiger partial charge in [-0.3, -0.25) is 0 Å². The van der Waals surface area contributed by atoms with Gasteiger partial charge in [-0.05, 0) is 19.4 Å². The molecular weight excluding hydrogens is 282 g/mol. The number of hydrogen-bond donors (Lipinski definition) is 2. The molecule has 110 valence electrons. The van der Waals surface area contributed by atoms with E-state index in [0.29, 0.717) is 19.0 Å². The fourth-order valence-corrected chi connectivity index (χ4v) is 3.41. The summed E-state index contributed by atoms with van der Waals surface area (Å²) < 4.78 is 26.1. The van der Waals surface area contributed by atoms with E-state index in [9.17, 15) is 8.42 Å². The van der Waals surface area contributed by atoms with Crippen LogP contribution in [0.5, 0.6) is 0 Å². The van der Waals surface area contributed by atoms with Crippen molar-refractivity contribution in [3.05, 3.63) is 16.1 Å². The molecule has 0 radical (unpaired) electrons. The summed E-state index contributed by atoms with van der Waals surface area (Å²) in [5.41, 5.74) is 0. The van der Waals surface area contributed by atoms with Crippen molar-refractivity contribution in [3.8, 4) is 0 Å². The summed E-state index contributed by atoms with van der Waals surface area (Å²) >= 11 is 1.56. The summed E-state index contributed by atoms with van der Waals surface area (Å²) in [4.78, 5) is 5.37. The van der Waals surface area contributed by atoms with Crippen LogP contribution >= 0.6 is 11.3 Å². The van der Waals surface area contributed by atoms with Crippen LogP contribution in [0.4, 0.5) is 0 Å². The van der Waals surface area contributed by atoms with Crippen molar-refractivity contribution < 1.29 is 8.42 Å². The molecule has 1 rings (SSSR count). The first-order valence-corrected chi connectivity index (χ1v) is 9.04. The molecule has 2 N–H and O–H groups in total. The molecule has 0 saturated heterocycles.